The van der Waals surface area contributed by atoms with Gasteiger partial charge in [-0.15, -0.1) is 0 Å². The van der Waals surface area contributed by atoms with Crippen LogP contribution in [0.15, 0.2) is 34.9 Å². The molecular formula is C15H22F2. The Morgan fingerprint density at radius 2 is 2.06 bits per heavy atom. The monoisotopic (exact) mass is 240 g/mol. The second-order valence-corrected chi connectivity index (χ2v) is 5.19. The van der Waals surface area contributed by atoms with Crippen molar-refractivity contribution < 1.29 is 8.78 Å². The largest absolute Gasteiger partial charge is 0.270 e. The number of halogens is 2. The summed E-state index contributed by atoms with van der Waals surface area (Å²) in [7, 11) is 0. The van der Waals surface area contributed by atoms with Crippen molar-refractivity contribution in [3.63, 3.8) is 0 Å². The molecule has 0 nitrogen and oxygen atoms in total. The molecule has 0 aromatic rings. The third-order valence-corrected chi connectivity index (χ3v) is 3.18. The zero-order valence-electron chi connectivity index (χ0n) is 11.2. The van der Waals surface area contributed by atoms with E-state index in [0.29, 0.717) is 12.3 Å². The van der Waals surface area contributed by atoms with Crippen molar-refractivity contribution in [2.75, 3.05) is 0 Å². The summed E-state index contributed by atoms with van der Waals surface area (Å²) in [5.74, 6) is -2.27. The van der Waals surface area contributed by atoms with Gasteiger partial charge in [0.1, 0.15) is 0 Å². The molecule has 0 bridgehead atoms. The molecule has 17 heavy (non-hydrogen) atoms. The fourth-order valence-electron chi connectivity index (χ4n) is 2.65. The molecule has 1 unspecified atom stereocenters. The SMILES string of the molecule is C=C1CC(C)CC(C)=C1/C(=C/CC)C(C)(F)F. The van der Waals surface area contributed by atoms with Gasteiger partial charge in [0.05, 0.1) is 0 Å². The molecular weight excluding hydrogens is 218 g/mol. The van der Waals surface area contributed by atoms with Crippen LogP contribution in [0.5, 0.6) is 0 Å². The molecule has 1 atom stereocenters. The summed E-state index contributed by atoms with van der Waals surface area (Å²) in [6, 6.07) is 0. The number of rotatable bonds is 3. The van der Waals surface area contributed by atoms with Gasteiger partial charge in [0.2, 0.25) is 0 Å². The van der Waals surface area contributed by atoms with Gasteiger partial charge in [-0.1, -0.05) is 32.1 Å². The van der Waals surface area contributed by atoms with Gasteiger partial charge in [0.15, 0.2) is 0 Å². The number of hydrogen-bond acceptors (Lipinski definition) is 0. The quantitative estimate of drug-likeness (QED) is 0.629. The minimum atomic E-state index is -2.78. The Hall–Kier alpha value is -0.920. The number of alkyl halides is 2. The Kier molecular flexibility index (Phi) is 4.29. The molecule has 0 saturated heterocycles. The number of hydrogen-bond donors (Lipinski definition) is 0. The smallest absolute Gasteiger partial charge is 0.202 e. The van der Waals surface area contributed by atoms with E-state index in [1.54, 1.807) is 6.08 Å². The van der Waals surface area contributed by atoms with E-state index in [9.17, 15) is 8.78 Å². The van der Waals surface area contributed by atoms with Crippen LogP contribution in [-0.4, -0.2) is 5.92 Å². The highest BCUT2D eigenvalue weighted by atomic mass is 19.3. The maximum absolute atomic E-state index is 13.7. The van der Waals surface area contributed by atoms with E-state index >= 15 is 0 Å². The van der Waals surface area contributed by atoms with Gasteiger partial charge in [0.25, 0.3) is 5.92 Å². The molecule has 0 fully saturated rings. The molecule has 0 spiro atoms. The maximum atomic E-state index is 13.7. The van der Waals surface area contributed by atoms with E-state index in [1.807, 2.05) is 13.8 Å². The zero-order valence-corrected chi connectivity index (χ0v) is 11.2. The van der Waals surface area contributed by atoms with Crippen LogP contribution >= 0.6 is 0 Å². The summed E-state index contributed by atoms with van der Waals surface area (Å²) in [5.41, 5.74) is 2.80. The predicted octanol–water partition coefficient (Wildman–Crippen LogP) is 5.28. The van der Waals surface area contributed by atoms with Crippen LogP contribution in [0.4, 0.5) is 8.78 Å². The minimum Gasteiger partial charge on any atom is -0.202 e. The van der Waals surface area contributed by atoms with Gasteiger partial charge in [-0.2, -0.15) is 0 Å². The highest BCUT2D eigenvalue weighted by Gasteiger charge is 2.33. The molecule has 0 aromatic heterocycles. The predicted molar refractivity (Wildman–Crippen MR) is 69.2 cm³/mol. The lowest BCUT2D eigenvalue weighted by atomic mass is 9.78. The lowest BCUT2D eigenvalue weighted by Gasteiger charge is -2.29. The van der Waals surface area contributed by atoms with Crippen molar-refractivity contribution in [3.8, 4) is 0 Å². The third-order valence-electron chi connectivity index (χ3n) is 3.18. The van der Waals surface area contributed by atoms with Crippen LogP contribution in [0, 0.1) is 5.92 Å². The van der Waals surface area contributed by atoms with Crippen LogP contribution in [-0.2, 0) is 0 Å². The summed E-state index contributed by atoms with van der Waals surface area (Å²) < 4.78 is 27.3. The van der Waals surface area contributed by atoms with Crippen LogP contribution < -0.4 is 0 Å². The normalized spacial score (nSPS) is 23.3. The van der Waals surface area contributed by atoms with Gasteiger partial charge >= 0.3 is 0 Å². The summed E-state index contributed by atoms with van der Waals surface area (Å²) in [6.07, 6.45) is 3.98. The van der Waals surface area contributed by atoms with E-state index in [0.717, 1.165) is 36.5 Å². The van der Waals surface area contributed by atoms with Gasteiger partial charge in [-0.05, 0) is 43.3 Å². The highest BCUT2D eigenvalue weighted by molar-refractivity contribution is 5.52. The van der Waals surface area contributed by atoms with Gasteiger partial charge < -0.3 is 0 Å². The van der Waals surface area contributed by atoms with Crippen molar-refractivity contribution in [2.45, 2.75) is 52.9 Å². The van der Waals surface area contributed by atoms with E-state index in [1.165, 1.54) is 0 Å². The molecule has 1 aliphatic carbocycles. The third kappa shape index (κ3) is 3.27. The van der Waals surface area contributed by atoms with Gasteiger partial charge in [0, 0.05) is 12.5 Å². The molecule has 0 radical (unpaired) electrons. The molecule has 0 amide bonds. The van der Waals surface area contributed by atoms with Crippen molar-refractivity contribution in [2.24, 2.45) is 5.92 Å². The fourth-order valence-corrected chi connectivity index (χ4v) is 2.65. The van der Waals surface area contributed by atoms with E-state index in [4.69, 9.17) is 0 Å². The average Bonchev–Trinajstić information content (AvgIpc) is 2.13. The molecule has 0 aliphatic heterocycles. The van der Waals surface area contributed by atoms with Crippen LogP contribution in [0.2, 0.25) is 0 Å². The minimum absolute atomic E-state index is 0.161. The van der Waals surface area contributed by atoms with Gasteiger partial charge in [-0.25, -0.2) is 8.78 Å². The Morgan fingerprint density at radius 1 is 1.47 bits per heavy atom. The second-order valence-electron chi connectivity index (χ2n) is 5.19. The van der Waals surface area contributed by atoms with E-state index in [-0.39, 0.29) is 5.57 Å². The Balaban J connectivity index is 3.24. The second kappa shape index (κ2) is 5.16. The first-order valence-corrected chi connectivity index (χ1v) is 6.24. The topological polar surface area (TPSA) is 0 Å². The molecule has 1 rings (SSSR count). The van der Waals surface area contributed by atoms with Gasteiger partial charge in [-0.3, -0.25) is 0 Å². The summed E-state index contributed by atoms with van der Waals surface area (Å²) in [4.78, 5) is 0. The Labute approximate surface area is 103 Å². The number of allylic oxidation sites excluding steroid dienone is 5. The maximum Gasteiger partial charge on any atom is 0.270 e. The lowest BCUT2D eigenvalue weighted by Crippen LogP contribution is -2.20. The molecule has 0 N–H and O–H groups in total. The molecule has 0 heterocycles. The average molecular weight is 240 g/mol. The summed E-state index contributed by atoms with van der Waals surface area (Å²) in [6.45, 7) is 10.9. The molecule has 96 valence electrons. The van der Waals surface area contributed by atoms with Crippen molar-refractivity contribution >= 4 is 0 Å². The Morgan fingerprint density at radius 3 is 2.47 bits per heavy atom. The van der Waals surface area contributed by atoms with E-state index in [2.05, 4.69) is 13.5 Å². The van der Waals surface area contributed by atoms with Crippen molar-refractivity contribution in [3.05, 3.63) is 34.9 Å². The van der Waals surface area contributed by atoms with Crippen molar-refractivity contribution in [1.82, 2.24) is 0 Å². The zero-order chi connectivity index (χ0) is 13.2. The first kappa shape index (κ1) is 14.1. The summed E-state index contributed by atoms with van der Waals surface area (Å²) in [5, 5.41) is 0. The van der Waals surface area contributed by atoms with Crippen LogP contribution in [0.3, 0.4) is 0 Å². The fraction of sp³-hybridized carbons (Fsp3) is 0.600. The summed E-state index contributed by atoms with van der Waals surface area (Å²) >= 11 is 0. The highest BCUT2D eigenvalue weighted by Crippen LogP contribution is 2.41. The van der Waals surface area contributed by atoms with Crippen LogP contribution in [0.25, 0.3) is 0 Å². The lowest BCUT2D eigenvalue weighted by molar-refractivity contribution is 0.0654. The standard InChI is InChI=1S/C15H22F2/c1-6-7-13(15(5,16)17)14-11(3)8-10(2)9-12(14)4/h7,10H,3,6,8-9H2,1-2,4-5H3/b13-7-. The van der Waals surface area contributed by atoms with E-state index < -0.39 is 5.92 Å². The molecule has 2 heteroatoms. The molecule has 0 saturated carbocycles. The molecule has 0 aromatic carbocycles. The Bertz CT molecular complexity index is 367. The first-order valence-electron chi connectivity index (χ1n) is 6.24. The first-order chi connectivity index (χ1) is 7.77. The van der Waals surface area contributed by atoms with Crippen LogP contribution in [0.1, 0.15) is 47.0 Å². The molecule has 1 aliphatic rings. The van der Waals surface area contributed by atoms with Crippen molar-refractivity contribution in [1.29, 1.82) is 0 Å².